The molecule has 0 saturated carbocycles. The molecule has 3 rings (SSSR count). The summed E-state index contributed by atoms with van der Waals surface area (Å²) in [5, 5.41) is 6.78. The van der Waals surface area contributed by atoms with Gasteiger partial charge in [-0.1, -0.05) is 35.9 Å². The van der Waals surface area contributed by atoms with Gasteiger partial charge in [-0.05, 0) is 55.2 Å². The zero-order valence-corrected chi connectivity index (χ0v) is 16.0. The van der Waals surface area contributed by atoms with Crippen molar-refractivity contribution < 1.29 is 4.79 Å². The summed E-state index contributed by atoms with van der Waals surface area (Å²) >= 11 is 5.98. The zero-order valence-electron chi connectivity index (χ0n) is 15.3. The number of anilines is 2. The van der Waals surface area contributed by atoms with Crippen LogP contribution in [0.4, 0.5) is 11.6 Å². The summed E-state index contributed by atoms with van der Waals surface area (Å²) < 4.78 is 0. The molecule has 2 aromatic carbocycles. The molecule has 0 spiro atoms. The normalized spacial score (nSPS) is 10.5. The molecule has 2 N–H and O–H groups in total. The predicted octanol–water partition coefficient (Wildman–Crippen LogP) is 4.65. The Bertz CT molecular complexity index is 941. The molecular formula is C21H21ClN4O. The third-order valence-electron chi connectivity index (χ3n) is 4.14. The first-order chi connectivity index (χ1) is 13.0. The Labute approximate surface area is 163 Å². The molecule has 0 aliphatic carbocycles. The number of amides is 1. The molecule has 5 nitrogen and oxygen atoms in total. The van der Waals surface area contributed by atoms with E-state index in [1.54, 1.807) is 0 Å². The third-order valence-corrected chi connectivity index (χ3v) is 4.38. The van der Waals surface area contributed by atoms with E-state index < -0.39 is 0 Å². The SMILES string of the molecule is Cc1ccc(C)c(NC(=O)c2cnc(NCCc3cccc(Cl)c3)nc2)c1. The lowest BCUT2D eigenvalue weighted by atomic mass is 10.1. The maximum absolute atomic E-state index is 12.4. The van der Waals surface area contributed by atoms with Gasteiger partial charge in [-0.3, -0.25) is 4.79 Å². The molecule has 27 heavy (non-hydrogen) atoms. The van der Waals surface area contributed by atoms with E-state index in [2.05, 4.69) is 20.6 Å². The minimum atomic E-state index is -0.228. The molecule has 0 saturated heterocycles. The fourth-order valence-electron chi connectivity index (χ4n) is 2.61. The van der Waals surface area contributed by atoms with Gasteiger partial charge >= 0.3 is 0 Å². The smallest absolute Gasteiger partial charge is 0.258 e. The molecule has 0 atom stereocenters. The van der Waals surface area contributed by atoms with Gasteiger partial charge in [-0.15, -0.1) is 0 Å². The van der Waals surface area contributed by atoms with Gasteiger partial charge in [0.2, 0.25) is 5.95 Å². The zero-order chi connectivity index (χ0) is 19.2. The lowest BCUT2D eigenvalue weighted by molar-refractivity contribution is 0.102. The molecule has 0 radical (unpaired) electrons. The number of carbonyl (C=O) groups is 1. The molecule has 0 unspecified atom stereocenters. The maximum Gasteiger partial charge on any atom is 0.258 e. The largest absolute Gasteiger partial charge is 0.354 e. The van der Waals surface area contributed by atoms with E-state index in [0.29, 0.717) is 18.1 Å². The molecule has 6 heteroatoms. The van der Waals surface area contributed by atoms with Crippen LogP contribution in [-0.4, -0.2) is 22.4 Å². The van der Waals surface area contributed by atoms with Gasteiger partial charge in [0.1, 0.15) is 0 Å². The summed E-state index contributed by atoms with van der Waals surface area (Å²) in [6.45, 7) is 4.62. The molecule has 1 heterocycles. The molecule has 0 fully saturated rings. The molecule has 0 aliphatic heterocycles. The summed E-state index contributed by atoms with van der Waals surface area (Å²) in [6.07, 6.45) is 3.85. The Balaban J connectivity index is 1.56. The van der Waals surface area contributed by atoms with Gasteiger partial charge in [0.15, 0.2) is 0 Å². The van der Waals surface area contributed by atoms with Crippen molar-refractivity contribution in [1.82, 2.24) is 9.97 Å². The summed E-state index contributed by atoms with van der Waals surface area (Å²) in [5.41, 5.74) is 4.44. The van der Waals surface area contributed by atoms with E-state index in [1.165, 1.54) is 12.4 Å². The number of nitrogens with zero attached hydrogens (tertiary/aromatic N) is 2. The van der Waals surface area contributed by atoms with Gasteiger partial charge in [-0.25, -0.2) is 9.97 Å². The first-order valence-electron chi connectivity index (χ1n) is 8.70. The second-order valence-corrected chi connectivity index (χ2v) is 6.81. The minimum Gasteiger partial charge on any atom is -0.354 e. The number of aryl methyl sites for hydroxylation is 2. The van der Waals surface area contributed by atoms with Gasteiger partial charge in [0.25, 0.3) is 5.91 Å². The highest BCUT2D eigenvalue weighted by Gasteiger charge is 2.09. The molecule has 0 bridgehead atoms. The molecular weight excluding hydrogens is 360 g/mol. The second kappa shape index (κ2) is 8.64. The minimum absolute atomic E-state index is 0.228. The van der Waals surface area contributed by atoms with Crippen LogP contribution in [0.25, 0.3) is 0 Å². The number of nitrogens with one attached hydrogen (secondary N) is 2. The number of carbonyl (C=O) groups excluding carboxylic acids is 1. The van der Waals surface area contributed by atoms with Gasteiger partial charge in [0.05, 0.1) is 5.56 Å². The van der Waals surface area contributed by atoms with Crippen molar-refractivity contribution in [3.8, 4) is 0 Å². The molecule has 0 aliphatic rings. The van der Waals surface area contributed by atoms with Crippen molar-refractivity contribution in [2.75, 3.05) is 17.2 Å². The summed E-state index contributed by atoms with van der Waals surface area (Å²) in [6, 6.07) is 13.7. The van der Waals surface area contributed by atoms with Gasteiger partial charge in [0, 0.05) is 29.6 Å². The van der Waals surface area contributed by atoms with E-state index in [4.69, 9.17) is 11.6 Å². The monoisotopic (exact) mass is 380 g/mol. The lowest BCUT2D eigenvalue weighted by Gasteiger charge is -2.10. The quantitative estimate of drug-likeness (QED) is 0.653. The van der Waals surface area contributed by atoms with Crippen LogP contribution in [0.2, 0.25) is 5.02 Å². The van der Waals surface area contributed by atoms with Gasteiger partial charge < -0.3 is 10.6 Å². The number of hydrogen-bond acceptors (Lipinski definition) is 4. The Morgan fingerprint density at radius 3 is 2.59 bits per heavy atom. The Morgan fingerprint density at radius 1 is 1.07 bits per heavy atom. The number of aromatic nitrogens is 2. The van der Waals surface area contributed by atoms with Crippen LogP contribution >= 0.6 is 11.6 Å². The van der Waals surface area contributed by atoms with E-state index in [-0.39, 0.29) is 5.91 Å². The van der Waals surface area contributed by atoms with Crippen LogP contribution in [0.5, 0.6) is 0 Å². The van der Waals surface area contributed by atoms with Crippen LogP contribution in [0.15, 0.2) is 54.9 Å². The lowest BCUT2D eigenvalue weighted by Crippen LogP contribution is -2.14. The van der Waals surface area contributed by atoms with Crippen molar-refractivity contribution in [2.45, 2.75) is 20.3 Å². The summed E-state index contributed by atoms with van der Waals surface area (Å²) in [7, 11) is 0. The Morgan fingerprint density at radius 2 is 1.85 bits per heavy atom. The van der Waals surface area contributed by atoms with Crippen LogP contribution in [-0.2, 0) is 6.42 Å². The van der Waals surface area contributed by atoms with Crippen LogP contribution < -0.4 is 10.6 Å². The number of halogens is 1. The van der Waals surface area contributed by atoms with Crippen molar-refractivity contribution in [2.24, 2.45) is 0 Å². The molecule has 138 valence electrons. The van der Waals surface area contributed by atoms with Crippen molar-refractivity contribution in [1.29, 1.82) is 0 Å². The number of hydrogen-bond donors (Lipinski definition) is 2. The Hall–Kier alpha value is -2.92. The van der Waals surface area contributed by atoms with E-state index in [9.17, 15) is 4.79 Å². The van der Waals surface area contributed by atoms with E-state index in [0.717, 1.165) is 33.8 Å². The predicted molar refractivity (Wildman–Crippen MR) is 110 cm³/mol. The fourth-order valence-corrected chi connectivity index (χ4v) is 2.83. The summed E-state index contributed by atoms with van der Waals surface area (Å²) in [5.74, 6) is 0.259. The highest BCUT2D eigenvalue weighted by atomic mass is 35.5. The van der Waals surface area contributed by atoms with Crippen molar-refractivity contribution in [3.63, 3.8) is 0 Å². The second-order valence-electron chi connectivity index (χ2n) is 6.37. The van der Waals surface area contributed by atoms with Crippen LogP contribution in [0, 0.1) is 13.8 Å². The number of benzene rings is 2. The molecule has 3 aromatic rings. The van der Waals surface area contributed by atoms with E-state index in [1.807, 2.05) is 56.3 Å². The van der Waals surface area contributed by atoms with Gasteiger partial charge in [-0.2, -0.15) is 0 Å². The molecule has 1 amide bonds. The van der Waals surface area contributed by atoms with Crippen LogP contribution in [0.1, 0.15) is 27.0 Å². The highest BCUT2D eigenvalue weighted by molar-refractivity contribution is 6.30. The first kappa shape index (κ1) is 18.9. The summed E-state index contributed by atoms with van der Waals surface area (Å²) in [4.78, 5) is 20.8. The highest BCUT2D eigenvalue weighted by Crippen LogP contribution is 2.17. The fraction of sp³-hybridized carbons (Fsp3) is 0.190. The average molecular weight is 381 g/mol. The first-order valence-corrected chi connectivity index (χ1v) is 9.08. The maximum atomic E-state index is 12.4. The third kappa shape index (κ3) is 5.28. The van der Waals surface area contributed by atoms with Crippen molar-refractivity contribution in [3.05, 3.63) is 82.1 Å². The van der Waals surface area contributed by atoms with Crippen LogP contribution in [0.3, 0.4) is 0 Å². The standard InChI is InChI=1S/C21H21ClN4O/c1-14-6-7-15(2)19(10-14)26-20(27)17-12-24-21(25-13-17)23-9-8-16-4-3-5-18(22)11-16/h3-7,10-13H,8-9H2,1-2H3,(H,26,27)(H,23,24,25). The van der Waals surface area contributed by atoms with E-state index >= 15 is 0 Å². The average Bonchev–Trinajstić information content (AvgIpc) is 2.65. The topological polar surface area (TPSA) is 66.9 Å². The van der Waals surface area contributed by atoms with Crippen molar-refractivity contribution >= 4 is 29.1 Å². The Kier molecular flexibility index (Phi) is 6.04. The molecule has 1 aromatic heterocycles. The number of rotatable bonds is 6.